The van der Waals surface area contributed by atoms with Crippen LogP contribution in [0.15, 0.2) is 12.1 Å². The molecule has 2 aliphatic rings. The molecule has 1 aromatic carbocycles. The molecular formula is C15H20N2O4. The summed E-state index contributed by atoms with van der Waals surface area (Å²) in [5, 5.41) is 6.03. The molecule has 1 fully saturated rings. The minimum absolute atomic E-state index is 0.0782. The number of nitrogens with one attached hydrogen (secondary N) is 2. The van der Waals surface area contributed by atoms with Crippen molar-refractivity contribution in [2.24, 2.45) is 0 Å². The standard InChI is InChI=1S/C15H20N2O4/c1-9(15(18)17-11-3-4-11)21-12-6-14-13(19-8-20-14)5-10(12)7-16-2/h5-6,9,11,16H,3-4,7-8H2,1-2H3,(H,17,18). The van der Waals surface area contributed by atoms with Gasteiger partial charge in [-0.1, -0.05) is 0 Å². The first kappa shape index (κ1) is 14.0. The molecule has 0 radical (unpaired) electrons. The lowest BCUT2D eigenvalue weighted by atomic mass is 10.1. The van der Waals surface area contributed by atoms with E-state index >= 15 is 0 Å². The van der Waals surface area contributed by atoms with Crippen LogP contribution in [0.1, 0.15) is 25.3 Å². The van der Waals surface area contributed by atoms with Crippen molar-refractivity contribution in [3.8, 4) is 17.2 Å². The lowest BCUT2D eigenvalue weighted by molar-refractivity contribution is -0.127. The van der Waals surface area contributed by atoms with Gasteiger partial charge in [0.2, 0.25) is 6.79 Å². The van der Waals surface area contributed by atoms with Gasteiger partial charge in [-0.3, -0.25) is 4.79 Å². The SMILES string of the molecule is CNCc1cc2c(cc1OC(C)C(=O)NC1CC1)OCO2. The Bertz CT molecular complexity index is 543. The first-order valence-electron chi connectivity index (χ1n) is 7.21. The van der Waals surface area contributed by atoms with Crippen molar-refractivity contribution in [1.29, 1.82) is 0 Å². The second-order valence-electron chi connectivity index (χ2n) is 5.39. The normalized spacial score (nSPS) is 17.4. The minimum atomic E-state index is -0.540. The molecule has 1 atom stereocenters. The van der Waals surface area contributed by atoms with Crippen LogP contribution >= 0.6 is 0 Å². The smallest absolute Gasteiger partial charge is 0.260 e. The van der Waals surface area contributed by atoms with Gasteiger partial charge in [0.05, 0.1) is 0 Å². The van der Waals surface area contributed by atoms with Gasteiger partial charge in [0, 0.05) is 24.2 Å². The number of carbonyl (C=O) groups is 1. The number of amides is 1. The van der Waals surface area contributed by atoms with Crippen molar-refractivity contribution < 1.29 is 19.0 Å². The van der Waals surface area contributed by atoms with Crippen molar-refractivity contribution in [3.05, 3.63) is 17.7 Å². The zero-order valence-electron chi connectivity index (χ0n) is 12.3. The van der Waals surface area contributed by atoms with E-state index in [0.717, 1.165) is 18.4 Å². The van der Waals surface area contributed by atoms with Gasteiger partial charge >= 0.3 is 0 Å². The molecule has 1 aliphatic carbocycles. The molecular weight excluding hydrogens is 272 g/mol. The highest BCUT2D eigenvalue weighted by Crippen LogP contribution is 2.38. The summed E-state index contributed by atoms with van der Waals surface area (Å²) in [6, 6.07) is 4.01. The number of fused-ring (bicyclic) bond motifs is 1. The van der Waals surface area contributed by atoms with E-state index in [9.17, 15) is 4.79 Å². The van der Waals surface area contributed by atoms with Crippen LogP contribution in [0.2, 0.25) is 0 Å². The lowest BCUT2D eigenvalue weighted by Crippen LogP contribution is -2.37. The van der Waals surface area contributed by atoms with E-state index in [0.29, 0.717) is 29.8 Å². The third-order valence-electron chi connectivity index (χ3n) is 3.52. The molecule has 0 aromatic heterocycles. The molecule has 1 aliphatic heterocycles. The molecule has 6 heteroatoms. The van der Waals surface area contributed by atoms with Crippen LogP contribution in [-0.2, 0) is 11.3 Å². The predicted molar refractivity (Wildman–Crippen MR) is 76.6 cm³/mol. The van der Waals surface area contributed by atoms with Crippen LogP contribution in [0.5, 0.6) is 17.2 Å². The fourth-order valence-corrected chi connectivity index (χ4v) is 2.19. The number of rotatable bonds is 6. The monoisotopic (exact) mass is 292 g/mol. The van der Waals surface area contributed by atoms with Gasteiger partial charge < -0.3 is 24.8 Å². The Hall–Kier alpha value is -1.95. The summed E-state index contributed by atoms with van der Waals surface area (Å²) in [6.07, 6.45) is 1.59. The van der Waals surface area contributed by atoms with Crippen molar-refractivity contribution in [2.45, 2.75) is 38.5 Å². The Morgan fingerprint density at radius 2 is 2.10 bits per heavy atom. The summed E-state index contributed by atoms with van der Waals surface area (Å²) in [6.45, 7) is 2.60. The molecule has 6 nitrogen and oxygen atoms in total. The number of carbonyl (C=O) groups excluding carboxylic acids is 1. The predicted octanol–water partition coefficient (Wildman–Crippen LogP) is 1.18. The fraction of sp³-hybridized carbons (Fsp3) is 0.533. The van der Waals surface area contributed by atoms with Crippen molar-refractivity contribution >= 4 is 5.91 Å². The first-order valence-corrected chi connectivity index (χ1v) is 7.21. The van der Waals surface area contributed by atoms with Gasteiger partial charge in [-0.25, -0.2) is 0 Å². The molecule has 1 aromatic rings. The highest BCUT2D eigenvalue weighted by molar-refractivity contribution is 5.81. The van der Waals surface area contributed by atoms with Crippen LogP contribution in [0.4, 0.5) is 0 Å². The molecule has 114 valence electrons. The van der Waals surface area contributed by atoms with Crippen LogP contribution < -0.4 is 24.8 Å². The Morgan fingerprint density at radius 3 is 2.76 bits per heavy atom. The maximum atomic E-state index is 12.0. The van der Waals surface area contributed by atoms with Crippen molar-refractivity contribution in [2.75, 3.05) is 13.8 Å². The van der Waals surface area contributed by atoms with Gasteiger partial charge in [-0.05, 0) is 32.9 Å². The van der Waals surface area contributed by atoms with E-state index in [2.05, 4.69) is 10.6 Å². The Labute approximate surface area is 123 Å². The van der Waals surface area contributed by atoms with Crippen LogP contribution in [0.25, 0.3) is 0 Å². The van der Waals surface area contributed by atoms with Crippen LogP contribution in [0, 0.1) is 0 Å². The molecule has 0 bridgehead atoms. The highest BCUT2D eigenvalue weighted by atomic mass is 16.7. The Balaban J connectivity index is 1.74. The fourth-order valence-electron chi connectivity index (χ4n) is 2.19. The van der Waals surface area contributed by atoms with Crippen molar-refractivity contribution in [3.63, 3.8) is 0 Å². The van der Waals surface area contributed by atoms with E-state index in [-0.39, 0.29) is 12.7 Å². The molecule has 1 unspecified atom stereocenters. The number of hydrogen-bond acceptors (Lipinski definition) is 5. The van der Waals surface area contributed by atoms with E-state index in [1.165, 1.54) is 0 Å². The van der Waals surface area contributed by atoms with Crippen LogP contribution in [-0.4, -0.2) is 31.9 Å². The van der Waals surface area contributed by atoms with E-state index in [1.807, 2.05) is 13.1 Å². The van der Waals surface area contributed by atoms with Gasteiger partial charge in [0.25, 0.3) is 5.91 Å². The summed E-state index contributed by atoms with van der Waals surface area (Å²) in [4.78, 5) is 12.0. The molecule has 1 amide bonds. The van der Waals surface area contributed by atoms with E-state index in [1.54, 1.807) is 13.0 Å². The quantitative estimate of drug-likeness (QED) is 0.824. The largest absolute Gasteiger partial charge is 0.480 e. The van der Waals surface area contributed by atoms with Crippen LogP contribution in [0.3, 0.4) is 0 Å². The summed E-state index contributed by atoms with van der Waals surface area (Å²) < 4.78 is 16.6. The first-order chi connectivity index (χ1) is 10.2. The zero-order valence-corrected chi connectivity index (χ0v) is 12.3. The third kappa shape index (κ3) is 3.21. The summed E-state index contributed by atoms with van der Waals surface area (Å²) >= 11 is 0. The minimum Gasteiger partial charge on any atom is -0.480 e. The topological polar surface area (TPSA) is 68.8 Å². The van der Waals surface area contributed by atoms with Gasteiger partial charge in [-0.15, -0.1) is 0 Å². The molecule has 0 spiro atoms. The van der Waals surface area contributed by atoms with E-state index < -0.39 is 6.10 Å². The highest BCUT2D eigenvalue weighted by Gasteiger charge is 2.27. The number of benzene rings is 1. The number of ether oxygens (including phenoxy) is 3. The van der Waals surface area contributed by atoms with E-state index in [4.69, 9.17) is 14.2 Å². The number of hydrogen-bond donors (Lipinski definition) is 2. The Morgan fingerprint density at radius 1 is 1.38 bits per heavy atom. The third-order valence-corrected chi connectivity index (χ3v) is 3.52. The molecule has 0 saturated heterocycles. The summed E-state index contributed by atoms with van der Waals surface area (Å²) in [5.74, 6) is 1.93. The second-order valence-corrected chi connectivity index (χ2v) is 5.39. The molecule has 2 N–H and O–H groups in total. The molecule has 1 saturated carbocycles. The van der Waals surface area contributed by atoms with Gasteiger partial charge in [-0.2, -0.15) is 0 Å². The molecule has 21 heavy (non-hydrogen) atoms. The second kappa shape index (κ2) is 5.81. The maximum absolute atomic E-state index is 12.0. The average molecular weight is 292 g/mol. The maximum Gasteiger partial charge on any atom is 0.260 e. The van der Waals surface area contributed by atoms with Gasteiger partial charge in [0.15, 0.2) is 17.6 Å². The summed E-state index contributed by atoms with van der Waals surface area (Å²) in [5.41, 5.74) is 0.938. The summed E-state index contributed by atoms with van der Waals surface area (Å²) in [7, 11) is 1.86. The molecule has 1 heterocycles. The molecule has 3 rings (SSSR count). The lowest BCUT2D eigenvalue weighted by Gasteiger charge is -2.17. The van der Waals surface area contributed by atoms with Crippen molar-refractivity contribution in [1.82, 2.24) is 10.6 Å². The zero-order chi connectivity index (χ0) is 14.8. The Kier molecular flexibility index (Phi) is 3.88. The van der Waals surface area contributed by atoms with Gasteiger partial charge in [0.1, 0.15) is 5.75 Å². The average Bonchev–Trinajstić information content (AvgIpc) is 3.15.